The van der Waals surface area contributed by atoms with Crippen LogP contribution in [0.3, 0.4) is 0 Å². The zero-order valence-corrected chi connectivity index (χ0v) is 14.6. The third-order valence-electron chi connectivity index (χ3n) is 5.40. The van der Waals surface area contributed by atoms with Crippen molar-refractivity contribution in [3.8, 4) is 6.07 Å². The van der Waals surface area contributed by atoms with E-state index >= 15 is 0 Å². The number of carbonyl (C=O) groups is 1. The first kappa shape index (κ1) is 17.0. The van der Waals surface area contributed by atoms with Gasteiger partial charge in [-0.15, -0.1) is 0 Å². The molecule has 1 aromatic rings. The Balaban J connectivity index is 1.65. The number of amides is 1. The average Bonchev–Trinajstić information content (AvgIpc) is 3.13. The lowest BCUT2D eigenvalue weighted by Crippen LogP contribution is -2.50. The Labute approximate surface area is 143 Å². The van der Waals surface area contributed by atoms with Crippen molar-refractivity contribution in [2.45, 2.75) is 25.8 Å². The Bertz CT molecular complexity index is 648. The minimum atomic E-state index is -0.209. The molecule has 2 aliphatic heterocycles. The first-order chi connectivity index (χ1) is 11.6. The van der Waals surface area contributed by atoms with E-state index in [9.17, 15) is 4.79 Å². The van der Waals surface area contributed by atoms with Crippen molar-refractivity contribution < 1.29 is 9.53 Å². The van der Waals surface area contributed by atoms with Crippen molar-refractivity contribution in [1.29, 1.82) is 5.26 Å². The second-order valence-corrected chi connectivity index (χ2v) is 7.09. The SMILES string of the molecule is COCCN1CCC[C@@]2(CCN(Cc3cc(C#N)n(C)c3)C2)C1=O. The van der Waals surface area contributed by atoms with Crippen LogP contribution in [0, 0.1) is 16.7 Å². The summed E-state index contributed by atoms with van der Waals surface area (Å²) in [7, 11) is 3.57. The maximum Gasteiger partial charge on any atom is 0.230 e. The lowest BCUT2D eigenvalue weighted by atomic mass is 9.78. The fourth-order valence-corrected chi connectivity index (χ4v) is 4.13. The average molecular weight is 330 g/mol. The number of piperidine rings is 1. The van der Waals surface area contributed by atoms with Gasteiger partial charge in [-0.05, 0) is 37.4 Å². The summed E-state index contributed by atoms with van der Waals surface area (Å²) in [6.45, 7) is 4.73. The number of ether oxygens (including phenoxy) is 1. The lowest BCUT2D eigenvalue weighted by Gasteiger charge is -2.39. The third-order valence-corrected chi connectivity index (χ3v) is 5.40. The minimum Gasteiger partial charge on any atom is -0.383 e. The summed E-state index contributed by atoms with van der Waals surface area (Å²) in [4.78, 5) is 17.3. The molecule has 0 aromatic carbocycles. The Morgan fingerprint density at radius 1 is 1.38 bits per heavy atom. The molecule has 0 aliphatic carbocycles. The Morgan fingerprint density at radius 3 is 2.92 bits per heavy atom. The van der Waals surface area contributed by atoms with Crippen molar-refractivity contribution in [2.24, 2.45) is 12.5 Å². The van der Waals surface area contributed by atoms with Crippen LogP contribution < -0.4 is 0 Å². The number of rotatable bonds is 5. The molecule has 1 atom stereocenters. The van der Waals surface area contributed by atoms with Gasteiger partial charge in [0.15, 0.2) is 0 Å². The highest BCUT2D eigenvalue weighted by Crippen LogP contribution is 2.40. The molecule has 0 saturated carbocycles. The highest BCUT2D eigenvalue weighted by Gasteiger charge is 2.48. The van der Waals surface area contributed by atoms with Crippen molar-refractivity contribution in [2.75, 3.05) is 39.9 Å². The van der Waals surface area contributed by atoms with Gasteiger partial charge < -0.3 is 14.2 Å². The standard InChI is InChI=1S/C18H26N4O2/c1-20-12-15(10-16(20)11-19)13-21-7-5-18(14-21)4-3-6-22(17(18)23)8-9-24-2/h10,12H,3-9,13-14H2,1-2H3/t18-/m0/s1. The van der Waals surface area contributed by atoms with E-state index in [1.807, 2.05) is 28.8 Å². The molecule has 1 spiro atoms. The van der Waals surface area contributed by atoms with Gasteiger partial charge in [-0.3, -0.25) is 9.69 Å². The molecule has 2 saturated heterocycles. The summed E-state index contributed by atoms with van der Waals surface area (Å²) in [5, 5.41) is 9.08. The van der Waals surface area contributed by atoms with Crippen LogP contribution in [0.2, 0.25) is 0 Å². The third kappa shape index (κ3) is 3.19. The lowest BCUT2D eigenvalue weighted by molar-refractivity contribution is -0.146. The number of aryl methyl sites for hydroxylation is 1. The number of carbonyl (C=O) groups excluding carboxylic acids is 1. The molecule has 1 aromatic heterocycles. The van der Waals surface area contributed by atoms with Crippen molar-refractivity contribution in [3.05, 3.63) is 23.5 Å². The van der Waals surface area contributed by atoms with Crippen LogP contribution >= 0.6 is 0 Å². The fraction of sp³-hybridized carbons (Fsp3) is 0.667. The molecule has 6 nitrogen and oxygen atoms in total. The van der Waals surface area contributed by atoms with Gasteiger partial charge in [0.2, 0.25) is 5.91 Å². The molecular formula is C18H26N4O2. The molecule has 6 heteroatoms. The molecule has 0 unspecified atom stereocenters. The van der Waals surface area contributed by atoms with E-state index < -0.39 is 0 Å². The molecule has 130 valence electrons. The van der Waals surface area contributed by atoms with Gasteiger partial charge in [0.05, 0.1) is 12.0 Å². The summed E-state index contributed by atoms with van der Waals surface area (Å²) in [5.74, 6) is 0.305. The van der Waals surface area contributed by atoms with E-state index in [0.717, 1.165) is 51.0 Å². The molecule has 0 bridgehead atoms. The van der Waals surface area contributed by atoms with Crippen LogP contribution in [0.5, 0.6) is 0 Å². The molecule has 0 radical (unpaired) electrons. The minimum absolute atomic E-state index is 0.209. The molecule has 1 amide bonds. The number of likely N-dealkylation sites (tertiary alicyclic amines) is 2. The largest absolute Gasteiger partial charge is 0.383 e. The van der Waals surface area contributed by atoms with E-state index in [4.69, 9.17) is 10.00 Å². The number of hydrogen-bond acceptors (Lipinski definition) is 4. The van der Waals surface area contributed by atoms with E-state index in [-0.39, 0.29) is 5.41 Å². The molecule has 3 rings (SSSR count). The first-order valence-corrected chi connectivity index (χ1v) is 8.64. The maximum absolute atomic E-state index is 13.0. The fourth-order valence-electron chi connectivity index (χ4n) is 4.13. The Hall–Kier alpha value is -1.84. The highest BCUT2D eigenvalue weighted by molar-refractivity contribution is 5.84. The second-order valence-electron chi connectivity index (χ2n) is 7.09. The molecule has 0 N–H and O–H groups in total. The molecule has 3 heterocycles. The van der Waals surface area contributed by atoms with Crippen molar-refractivity contribution >= 4 is 5.91 Å². The summed E-state index contributed by atoms with van der Waals surface area (Å²) < 4.78 is 7.00. The Morgan fingerprint density at radius 2 is 2.21 bits per heavy atom. The summed E-state index contributed by atoms with van der Waals surface area (Å²) in [6, 6.07) is 4.14. The highest BCUT2D eigenvalue weighted by atomic mass is 16.5. The second kappa shape index (κ2) is 6.96. The number of nitriles is 1. The quantitative estimate of drug-likeness (QED) is 0.818. The number of hydrogen-bond donors (Lipinski definition) is 0. The normalized spacial score (nSPS) is 24.7. The first-order valence-electron chi connectivity index (χ1n) is 8.64. The molecular weight excluding hydrogens is 304 g/mol. The molecule has 2 aliphatic rings. The van der Waals surface area contributed by atoms with E-state index in [1.165, 1.54) is 0 Å². The molecule has 24 heavy (non-hydrogen) atoms. The van der Waals surface area contributed by atoms with Crippen LogP contribution in [-0.2, 0) is 23.1 Å². The van der Waals surface area contributed by atoms with E-state index in [1.54, 1.807) is 7.11 Å². The van der Waals surface area contributed by atoms with Gasteiger partial charge in [0.25, 0.3) is 0 Å². The number of aromatic nitrogens is 1. The van der Waals surface area contributed by atoms with Gasteiger partial charge in [-0.25, -0.2) is 0 Å². The van der Waals surface area contributed by atoms with Crippen LogP contribution in [0.1, 0.15) is 30.5 Å². The zero-order valence-electron chi connectivity index (χ0n) is 14.6. The number of nitrogens with zero attached hydrogens (tertiary/aromatic N) is 4. The maximum atomic E-state index is 13.0. The van der Waals surface area contributed by atoms with E-state index in [2.05, 4.69) is 11.0 Å². The van der Waals surface area contributed by atoms with Gasteiger partial charge in [0.1, 0.15) is 11.8 Å². The summed E-state index contributed by atoms with van der Waals surface area (Å²) >= 11 is 0. The zero-order chi connectivity index (χ0) is 17.2. The predicted octanol–water partition coefficient (Wildman–Crippen LogP) is 1.36. The predicted molar refractivity (Wildman–Crippen MR) is 90.1 cm³/mol. The van der Waals surface area contributed by atoms with Gasteiger partial charge in [-0.1, -0.05) is 0 Å². The monoisotopic (exact) mass is 330 g/mol. The molecule has 2 fully saturated rings. The van der Waals surface area contributed by atoms with E-state index in [0.29, 0.717) is 24.8 Å². The topological polar surface area (TPSA) is 61.5 Å². The smallest absolute Gasteiger partial charge is 0.230 e. The van der Waals surface area contributed by atoms with Crippen LogP contribution in [0.15, 0.2) is 12.3 Å². The van der Waals surface area contributed by atoms with Crippen molar-refractivity contribution in [3.63, 3.8) is 0 Å². The van der Waals surface area contributed by atoms with Crippen LogP contribution in [0.25, 0.3) is 0 Å². The van der Waals surface area contributed by atoms with Gasteiger partial charge in [0, 0.05) is 46.5 Å². The number of methoxy groups -OCH3 is 1. The van der Waals surface area contributed by atoms with Crippen LogP contribution in [-0.4, -0.2) is 60.2 Å². The van der Waals surface area contributed by atoms with Gasteiger partial charge >= 0.3 is 0 Å². The van der Waals surface area contributed by atoms with Gasteiger partial charge in [-0.2, -0.15) is 5.26 Å². The Kier molecular flexibility index (Phi) is 4.93. The summed E-state index contributed by atoms with van der Waals surface area (Å²) in [6.07, 6.45) is 5.02. The van der Waals surface area contributed by atoms with Crippen LogP contribution in [0.4, 0.5) is 0 Å². The summed E-state index contributed by atoms with van der Waals surface area (Å²) in [5.41, 5.74) is 1.61. The van der Waals surface area contributed by atoms with Crippen molar-refractivity contribution in [1.82, 2.24) is 14.4 Å².